The summed E-state index contributed by atoms with van der Waals surface area (Å²) >= 11 is 0. The average Bonchev–Trinajstić information content (AvgIpc) is 3.31. The van der Waals surface area contributed by atoms with E-state index in [0.29, 0.717) is 6.61 Å². The summed E-state index contributed by atoms with van der Waals surface area (Å²) in [6, 6.07) is 16.8. The number of hydrogen-bond acceptors (Lipinski definition) is 7. The van der Waals surface area contributed by atoms with Crippen molar-refractivity contribution in [2.75, 3.05) is 44.8 Å². The van der Waals surface area contributed by atoms with Crippen molar-refractivity contribution >= 4 is 5.69 Å². The van der Waals surface area contributed by atoms with Gasteiger partial charge in [-0.1, -0.05) is 12.1 Å². The first kappa shape index (κ1) is 22.1. The fraction of sp³-hybridized carbons (Fsp3) is 0.458. The van der Waals surface area contributed by atoms with Crippen molar-refractivity contribution in [3.8, 4) is 11.5 Å². The molecule has 0 radical (unpaired) electrons. The molecule has 0 bridgehead atoms. The molecule has 1 atom stereocenters. The molecular weight excluding hydrogens is 404 g/mol. The standard InChI is InChI=1S/C24H32N6O2/c1-5-32-22-10-6-19(7-11-22)23(24-25-26-27-30(24)18(2)3)29-16-14-28(15-17-29)20-8-12-21(31-4)13-9-20/h6-13,18,23H,5,14-17H2,1-4H3. The van der Waals surface area contributed by atoms with E-state index in [1.807, 2.05) is 35.9 Å². The maximum atomic E-state index is 5.64. The molecule has 1 unspecified atom stereocenters. The summed E-state index contributed by atoms with van der Waals surface area (Å²) in [5, 5.41) is 12.7. The number of benzene rings is 2. The van der Waals surface area contributed by atoms with Crippen molar-refractivity contribution in [2.45, 2.75) is 32.9 Å². The topological polar surface area (TPSA) is 68.5 Å². The molecule has 0 N–H and O–H groups in total. The zero-order chi connectivity index (χ0) is 22.5. The highest BCUT2D eigenvalue weighted by Crippen LogP contribution is 2.31. The molecule has 2 heterocycles. The van der Waals surface area contributed by atoms with E-state index in [2.05, 4.69) is 63.4 Å². The predicted octanol–water partition coefficient (Wildman–Crippen LogP) is 3.57. The summed E-state index contributed by atoms with van der Waals surface area (Å²) in [5.74, 6) is 2.63. The van der Waals surface area contributed by atoms with Gasteiger partial charge in [0.25, 0.3) is 0 Å². The summed E-state index contributed by atoms with van der Waals surface area (Å²) in [6.07, 6.45) is 0. The summed E-state index contributed by atoms with van der Waals surface area (Å²) in [6.45, 7) is 10.6. The Kier molecular flexibility index (Phi) is 6.90. The third kappa shape index (κ3) is 4.70. The first-order chi connectivity index (χ1) is 15.6. The van der Waals surface area contributed by atoms with Gasteiger partial charge in [0, 0.05) is 31.9 Å². The molecule has 8 nitrogen and oxygen atoms in total. The van der Waals surface area contributed by atoms with Crippen LogP contribution in [0.25, 0.3) is 0 Å². The second-order valence-corrected chi connectivity index (χ2v) is 8.20. The van der Waals surface area contributed by atoms with Crippen LogP contribution in [0.15, 0.2) is 48.5 Å². The van der Waals surface area contributed by atoms with Crippen LogP contribution >= 0.6 is 0 Å². The predicted molar refractivity (Wildman–Crippen MR) is 124 cm³/mol. The number of ether oxygens (including phenoxy) is 2. The lowest BCUT2D eigenvalue weighted by Gasteiger charge is -2.40. The maximum Gasteiger partial charge on any atom is 0.173 e. The molecule has 2 aromatic carbocycles. The minimum Gasteiger partial charge on any atom is -0.497 e. The lowest BCUT2D eigenvalue weighted by Crippen LogP contribution is -2.48. The fourth-order valence-corrected chi connectivity index (χ4v) is 4.22. The molecule has 0 saturated carbocycles. The van der Waals surface area contributed by atoms with Crippen molar-refractivity contribution in [3.05, 3.63) is 59.9 Å². The molecule has 3 aromatic rings. The van der Waals surface area contributed by atoms with Crippen molar-refractivity contribution in [3.63, 3.8) is 0 Å². The smallest absolute Gasteiger partial charge is 0.173 e. The molecule has 0 spiro atoms. The number of piperazine rings is 1. The third-order valence-corrected chi connectivity index (χ3v) is 5.88. The molecule has 32 heavy (non-hydrogen) atoms. The van der Waals surface area contributed by atoms with E-state index in [-0.39, 0.29) is 12.1 Å². The number of methoxy groups -OCH3 is 1. The Bertz CT molecular complexity index is 978. The van der Waals surface area contributed by atoms with Crippen LogP contribution in [0.2, 0.25) is 0 Å². The summed E-state index contributed by atoms with van der Waals surface area (Å²) in [5.41, 5.74) is 2.39. The number of rotatable bonds is 8. The van der Waals surface area contributed by atoms with Gasteiger partial charge in [-0.15, -0.1) is 5.10 Å². The molecule has 1 aliphatic rings. The van der Waals surface area contributed by atoms with Crippen LogP contribution < -0.4 is 14.4 Å². The molecule has 8 heteroatoms. The van der Waals surface area contributed by atoms with E-state index in [1.165, 1.54) is 11.3 Å². The van der Waals surface area contributed by atoms with Crippen LogP contribution in [0.4, 0.5) is 5.69 Å². The van der Waals surface area contributed by atoms with Gasteiger partial charge in [-0.25, -0.2) is 4.68 Å². The Labute approximate surface area is 189 Å². The minimum absolute atomic E-state index is 0.0129. The van der Waals surface area contributed by atoms with Gasteiger partial charge in [0.1, 0.15) is 11.5 Å². The largest absolute Gasteiger partial charge is 0.497 e. The lowest BCUT2D eigenvalue weighted by atomic mass is 10.0. The van der Waals surface area contributed by atoms with Gasteiger partial charge in [0.15, 0.2) is 5.82 Å². The first-order valence-electron chi connectivity index (χ1n) is 11.2. The molecule has 1 aliphatic heterocycles. The molecule has 4 rings (SSSR count). The van der Waals surface area contributed by atoms with Crippen LogP contribution in [0, 0.1) is 0 Å². The fourth-order valence-electron chi connectivity index (χ4n) is 4.22. The minimum atomic E-state index is -0.0129. The van der Waals surface area contributed by atoms with Gasteiger partial charge in [-0.2, -0.15) is 0 Å². The van der Waals surface area contributed by atoms with Crippen molar-refractivity contribution in [1.29, 1.82) is 0 Å². The van der Waals surface area contributed by atoms with Crippen LogP contribution in [-0.4, -0.2) is 65.0 Å². The zero-order valence-electron chi connectivity index (χ0n) is 19.3. The molecule has 170 valence electrons. The van der Waals surface area contributed by atoms with E-state index < -0.39 is 0 Å². The SMILES string of the molecule is CCOc1ccc(C(c2nnnn2C(C)C)N2CCN(c3ccc(OC)cc3)CC2)cc1. The Balaban J connectivity index is 1.57. The summed E-state index contributed by atoms with van der Waals surface area (Å²) in [4.78, 5) is 4.89. The number of nitrogens with zero attached hydrogens (tertiary/aromatic N) is 6. The van der Waals surface area contributed by atoms with E-state index in [0.717, 1.165) is 43.5 Å². The normalized spacial score (nSPS) is 15.7. The Morgan fingerprint density at radius 1 is 0.906 bits per heavy atom. The van der Waals surface area contributed by atoms with Gasteiger partial charge >= 0.3 is 0 Å². The highest BCUT2D eigenvalue weighted by molar-refractivity contribution is 5.49. The van der Waals surface area contributed by atoms with Gasteiger partial charge < -0.3 is 14.4 Å². The molecule has 1 aromatic heterocycles. The number of tetrazole rings is 1. The van der Waals surface area contributed by atoms with Crippen LogP contribution in [0.3, 0.4) is 0 Å². The average molecular weight is 437 g/mol. The molecule has 0 amide bonds. The van der Waals surface area contributed by atoms with E-state index in [9.17, 15) is 0 Å². The highest BCUT2D eigenvalue weighted by atomic mass is 16.5. The summed E-state index contributed by atoms with van der Waals surface area (Å²) < 4.78 is 12.9. The lowest BCUT2D eigenvalue weighted by molar-refractivity contribution is 0.199. The molecule has 0 aliphatic carbocycles. The van der Waals surface area contributed by atoms with Gasteiger partial charge in [0.2, 0.25) is 0 Å². The monoisotopic (exact) mass is 436 g/mol. The second kappa shape index (κ2) is 9.99. The van der Waals surface area contributed by atoms with Gasteiger partial charge in [-0.3, -0.25) is 4.90 Å². The maximum absolute atomic E-state index is 5.64. The second-order valence-electron chi connectivity index (χ2n) is 8.20. The number of anilines is 1. The van der Waals surface area contributed by atoms with Crippen LogP contribution in [0.1, 0.15) is 44.2 Å². The van der Waals surface area contributed by atoms with E-state index >= 15 is 0 Å². The van der Waals surface area contributed by atoms with Crippen LogP contribution in [0.5, 0.6) is 11.5 Å². The highest BCUT2D eigenvalue weighted by Gasteiger charge is 2.31. The molecule has 1 fully saturated rings. The Morgan fingerprint density at radius 2 is 1.56 bits per heavy atom. The first-order valence-corrected chi connectivity index (χ1v) is 11.2. The Morgan fingerprint density at radius 3 is 2.16 bits per heavy atom. The van der Waals surface area contributed by atoms with E-state index in [4.69, 9.17) is 9.47 Å². The Hall–Kier alpha value is -3.13. The molecular formula is C24H32N6O2. The zero-order valence-corrected chi connectivity index (χ0v) is 19.3. The van der Waals surface area contributed by atoms with E-state index in [1.54, 1.807) is 7.11 Å². The quantitative estimate of drug-likeness (QED) is 0.535. The molecule has 1 saturated heterocycles. The van der Waals surface area contributed by atoms with Crippen molar-refractivity contribution < 1.29 is 9.47 Å². The van der Waals surface area contributed by atoms with Crippen molar-refractivity contribution in [1.82, 2.24) is 25.1 Å². The van der Waals surface area contributed by atoms with Crippen molar-refractivity contribution in [2.24, 2.45) is 0 Å². The number of aromatic nitrogens is 4. The van der Waals surface area contributed by atoms with Gasteiger partial charge in [0.05, 0.1) is 25.8 Å². The van der Waals surface area contributed by atoms with Gasteiger partial charge in [-0.05, 0) is 73.2 Å². The van der Waals surface area contributed by atoms with Crippen LogP contribution in [-0.2, 0) is 0 Å². The number of hydrogen-bond donors (Lipinski definition) is 0. The summed E-state index contributed by atoms with van der Waals surface area (Å²) in [7, 11) is 1.69. The third-order valence-electron chi connectivity index (χ3n) is 5.88.